The molecule has 0 radical (unpaired) electrons. The van der Waals surface area contributed by atoms with Gasteiger partial charge in [-0.1, -0.05) is 6.07 Å². The Balaban J connectivity index is 1.58. The number of carbonyl (C=O) groups is 1. The SMILES string of the molecule is Cc1cc2c(C)cccn2c1C(C)(C)NC(=O)[C@@H]1[C@H]2CNC(C(F)(F)F)[C@H]21. The van der Waals surface area contributed by atoms with Crippen molar-refractivity contribution in [3.63, 3.8) is 0 Å². The van der Waals surface area contributed by atoms with Gasteiger partial charge in [-0.05, 0) is 69.3 Å². The van der Waals surface area contributed by atoms with Gasteiger partial charge in [0, 0.05) is 17.6 Å². The number of nitrogens with one attached hydrogen (secondary N) is 2. The number of aryl methyl sites for hydroxylation is 2. The standard InChI is InChI=1S/C20H24F3N3O/c1-10-6-5-7-26-13(10)8-11(2)17(26)19(3,4)25-18(27)15-12-9-24-16(14(12)15)20(21,22)23/h5-8,12,14-16,24H,9H2,1-4H3,(H,25,27)/t12-,14+,15+,16?/m0/s1. The molecule has 3 heterocycles. The first-order valence-electron chi connectivity index (χ1n) is 9.22. The predicted octanol–water partition coefficient (Wildman–Crippen LogP) is 3.30. The van der Waals surface area contributed by atoms with Crippen molar-refractivity contribution in [2.75, 3.05) is 6.54 Å². The Hall–Kier alpha value is -2.02. The zero-order chi connectivity index (χ0) is 19.7. The third-order valence-corrected chi connectivity index (χ3v) is 6.08. The molecule has 0 bridgehead atoms. The van der Waals surface area contributed by atoms with E-state index in [1.807, 2.05) is 46.0 Å². The van der Waals surface area contributed by atoms with Crippen molar-refractivity contribution >= 4 is 11.4 Å². The maximum absolute atomic E-state index is 13.1. The van der Waals surface area contributed by atoms with Crippen LogP contribution in [0.4, 0.5) is 13.2 Å². The molecular weight excluding hydrogens is 355 g/mol. The van der Waals surface area contributed by atoms with Crippen LogP contribution in [0.1, 0.15) is 30.7 Å². The number of hydrogen-bond donors (Lipinski definition) is 2. The molecule has 2 aliphatic rings. The molecule has 1 unspecified atom stereocenters. The topological polar surface area (TPSA) is 45.5 Å². The summed E-state index contributed by atoms with van der Waals surface area (Å²) in [6, 6.07) is 4.49. The van der Waals surface area contributed by atoms with Crippen molar-refractivity contribution in [3.05, 3.63) is 41.2 Å². The Bertz CT molecular complexity index is 915. The van der Waals surface area contributed by atoms with E-state index >= 15 is 0 Å². The summed E-state index contributed by atoms with van der Waals surface area (Å²) in [4.78, 5) is 12.8. The molecule has 2 aromatic rings. The molecule has 1 aliphatic heterocycles. The van der Waals surface area contributed by atoms with Crippen LogP contribution in [0.2, 0.25) is 0 Å². The molecule has 1 amide bonds. The molecule has 2 fully saturated rings. The van der Waals surface area contributed by atoms with Gasteiger partial charge in [0.25, 0.3) is 0 Å². The maximum Gasteiger partial charge on any atom is 0.404 e. The second-order valence-electron chi connectivity index (χ2n) is 8.43. The van der Waals surface area contributed by atoms with Gasteiger partial charge >= 0.3 is 6.18 Å². The molecule has 4 nitrogen and oxygen atoms in total. The lowest BCUT2D eigenvalue weighted by atomic mass is 9.96. The third kappa shape index (κ3) is 2.83. The molecule has 4 rings (SSSR count). The van der Waals surface area contributed by atoms with E-state index in [-0.39, 0.29) is 18.4 Å². The monoisotopic (exact) mass is 379 g/mol. The van der Waals surface area contributed by atoms with Gasteiger partial charge in [-0.25, -0.2) is 0 Å². The largest absolute Gasteiger partial charge is 0.404 e. The lowest BCUT2D eigenvalue weighted by Crippen LogP contribution is -2.47. The van der Waals surface area contributed by atoms with Crippen LogP contribution < -0.4 is 10.6 Å². The van der Waals surface area contributed by atoms with Crippen LogP contribution in [0.25, 0.3) is 5.52 Å². The highest BCUT2D eigenvalue weighted by Gasteiger charge is 2.68. The number of aromatic nitrogens is 1. The average Bonchev–Trinajstić information content (AvgIpc) is 2.89. The number of rotatable bonds is 3. The van der Waals surface area contributed by atoms with E-state index in [1.165, 1.54) is 0 Å². The first-order valence-corrected chi connectivity index (χ1v) is 9.22. The lowest BCUT2D eigenvalue weighted by Gasteiger charge is -2.29. The molecule has 4 atom stereocenters. The van der Waals surface area contributed by atoms with Gasteiger partial charge in [0.15, 0.2) is 0 Å². The Morgan fingerprint density at radius 1 is 1.26 bits per heavy atom. The first-order chi connectivity index (χ1) is 12.5. The molecule has 27 heavy (non-hydrogen) atoms. The van der Waals surface area contributed by atoms with Crippen LogP contribution >= 0.6 is 0 Å². The van der Waals surface area contributed by atoms with Gasteiger partial charge in [-0.2, -0.15) is 13.2 Å². The summed E-state index contributed by atoms with van der Waals surface area (Å²) in [5, 5.41) is 5.52. The molecule has 146 valence electrons. The summed E-state index contributed by atoms with van der Waals surface area (Å²) in [5.41, 5.74) is 3.49. The maximum atomic E-state index is 13.1. The predicted molar refractivity (Wildman–Crippen MR) is 96.4 cm³/mol. The summed E-state index contributed by atoms with van der Waals surface area (Å²) >= 11 is 0. The number of nitrogens with zero attached hydrogens (tertiary/aromatic N) is 1. The van der Waals surface area contributed by atoms with Gasteiger partial charge in [-0.3, -0.25) is 4.79 Å². The van der Waals surface area contributed by atoms with Crippen molar-refractivity contribution in [1.29, 1.82) is 0 Å². The Morgan fingerprint density at radius 2 is 1.96 bits per heavy atom. The van der Waals surface area contributed by atoms with Crippen LogP contribution in [0, 0.1) is 31.6 Å². The van der Waals surface area contributed by atoms with Gasteiger partial charge < -0.3 is 15.0 Å². The summed E-state index contributed by atoms with van der Waals surface area (Å²) in [5.74, 6) is -1.72. The second kappa shape index (κ2) is 5.74. The molecule has 0 aromatic carbocycles. The Kier molecular flexibility index (Phi) is 3.90. The number of halogens is 3. The molecule has 1 aliphatic carbocycles. The fraction of sp³-hybridized carbons (Fsp3) is 0.550. The van der Waals surface area contributed by atoms with Gasteiger partial charge in [0.1, 0.15) is 6.04 Å². The smallest absolute Gasteiger partial charge is 0.345 e. The molecule has 2 aromatic heterocycles. The summed E-state index contributed by atoms with van der Waals surface area (Å²) in [7, 11) is 0. The highest BCUT2D eigenvalue weighted by Crippen LogP contribution is 2.55. The number of pyridine rings is 1. The number of alkyl halides is 3. The Morgan fingerprint density at radius 3 is 2.63 bits per heavy atom. The van der Waals surface area contributed by atoms with Crippen LogP contribution in [0.3, 0.4) is 0 Å². The fourth-order valence-electron chi connectivity index (χ4n) is 4.94. The van der Waals surface area contributed by atoms with Crippen molar-refractivity contribution < 1.29 is 18.0 Å². The number of amides is 1. The molecule has 1 saturated carbocycles. The van der Waals surface area contributed by atoms with Gasteiger partial charge in [-0.15, -0.1) is 0 Å². The fourth-order valence-corrected chi connectivity index (χ4v) is 4.94. The normalized spacial score (nSPS) is 27.7. The number of fused-ring (bicyclic) bond motifs is 2. The van der Waals surface area contributed by atoms with Gasteiger partial charge in [0.2, 0.25) is 5.91 Å². The average molecular weight is 379 g/mol. The van der Waals surface area contributed by atoms with Crippen molar-refractivity contribution in [1.82, 2.24) is 15.0 Å². The number of carbonyl (C=O) groups excluding carboxylic acids is 1. The first kappa shape index (κ1) is 18.3. The Labute approximate surface area is 156 Å². The van der Waals surface area contributed by atoms with Crippen molar-refractivity contribution in [2.45, 2.75) is 45.5 Å². The summed E-state index contributed by atoms with van der Waals surface area (Å²) < 4.78 is 41.4. The van der Waals surface area contributed by atoms with Crippen molar-refractivity contribution in [3.8, 4) is 0 Å². The van der Waals surface area contributed by atoms with E-state index in [9.17, 15) is 18.0 Å². The number of hydrogen-bond acceptors (Lipinski definition) is 2. The van der Waals surface area contributed by atoms with Crippen LogP contribution in [0.5, 0.6) is 0 Å². The minimum absolute atomic E-state index is 0.222. The molecular formula is C20H24F3N3O. The summed E-state index contributed by atoms with van der Waals surface area (Å²) in [6.07, 6.45) is -2.36. The zero-order valence-corrected chi connectivity index (χ0v) is 15.8. The van der Waals surface area contributed by atoms with Crippen LogP contribution in [0.15, 0.2) is 24.4 Å². The highest BCUT2D eigenvalue weighted by molar-refractivity contribution is 5.83. The summed E-state index contributed by atoms with van der Waals surface area (Å²) in [6.45, 7) is 8.07. The van der Waals surface area contributed by atoms with E-state index in [0.29, 0.717) is 0 Å². The minimum Gasteiger partial charge on any atom is -0.345 e. The molecule has 1 saturated heterocycles. The van der Waals surface area contributed by atoms with E-state index in [1.54, 1.807) is 0 Å². The van der Waals surface area contributed by atoms with E-state index in [4.69, 9.17) is 0 Å². The molecule has 2 N–H and O–H groups in total. The molecule has 0 spiro atoms. The minimum atomic E-state index is -4.31. The zero-order valence-electron chi connectivity index (χ0n) is 15.8. The second-order valence-corrected chi connectivity index (χ2v) is 8.43. The third-order valence-electron chi connectivity index (χ3n) is 6.08. The lowest BCUT2D eigenvalue weighted by molar-refractivity contribution is -0.158. The van der Waals surface area contributed by atoms with E-state index < -0.39 is 29.6 Å². The van der Waals surface area contributed by atoms with Crippen LogP contribution in [-0.4, -0.2) is 29.1 Å². The van der Waals surface area contributed by atoms with E-state index in [0.717, 1.165) is 22.3 Å². The van der Waals surface area contributed by atoms with E-state index in [2.05, 4.69) is 21.1 Å². The van der Waals surface area contributed by atoms with Crippen LogP contribution in [-0.2, 0) is 10.3 Å². The van der Waals surface area contributed by atoms with Crippen molar-refractivity contribution in [2.24, 2.45) is 17.8 Å². The number of piperidine rings is 1. The van der Waals surface area contributed by atoms with Gasteiger partial charge in [0.05, 0.1) is 11.2 Å². The quantitative estimate of drug-likeness (QED) is 0.860. The highest BCUT2D eigenvalue weighted by atomic mass is 19.4. The molecule has 7 heteroatoms.